The molecule has 22 heavy (non-hydrogen) atoms. The molecule has 0 unspecified atom stereocenters. The first-order valence-corrected chi connectivity index (χ1v) is 7.18. The van der Waals surface area contributed by atoms with Crippen LogP contribution >= 0.6 is 0 Å². The number of benzene rings is 1. The van der Waals surface area contributed by atoms with Crippen molar-refractivity contribution in [1.29, 1.82) is 0 Å². The Morgan fingerprint density at radius 3 is 2.68 bits per heavy atom. The molecule has 0 saturated carbocycles. The van der Waals surface area contributed by atoms with Gasteiger partial charge in [-0.2, -0.15) is 0 Å². The molecule has 0 atom stereocenters. The van der Waals surface area contributed by atoms with Gasteiger partial charge in [0.05, 0.1) is 10.9 Å². The first-order chi connectivity index (χ1) is 10.3. The van der Waals surface area contributed by atoms with Crippen molar-refractivity contribution in [3.05, 3.63) is 40.4 Å². The Hall–Kier alpha value is -2.37. The van der Waals surface area contributed by atoms with Crippen molar-refractivity contribution in [2.24, 2.45) is 0 Å². The van der Waals surface area contributed by atoms with E-state index in [0.29, 0.717) is 29.7 Å². The van der Waals surface area contributed by atoms with Crippen LogP contribution in [0.1, 0.15) is 26.6 Å². The summed E-state index contributed by atoms with van der Waals surface area (Å²) in [5.41, 5.74) is -0.0393. The van der Waals surface area contributed by atoms with Crippen LogP contribution in [0, 0.1) is 0 Å². The van der Waals surface area contributed by atoms with Crippen molar-refractivity contribution < 1.29 is 9.53 Å². The molecular formula is C16H21N3O3. The predicted octanol–water partition coefficient (Wildman–Crippen LogP) is 2.33. The van der Waals surface area contributed by atoms with Crippen LogP contribution in [0.4, 0.5) is 4.79 Å². The number of rotatable bonds is 3. The van der Waals surface area contributed by atoms with Gasteiger partial charge in [0, 0.05) is 20.0 Å². The molecule has 6 heteroatoms. The zero-order valence-corrected chi connectivity index (χ0v) is 13.3. The molecule has 1 aromatic heterocycles. The number of hydrogen-bond donors (Lipinski definition) is 1. The van der Waals surface area contributed by atoms with Gasteiger partial charge in [-0.25, -0.2) is 9.78 Å². The zero-order valence-electron chi connectivity index (χ0n) is 13.3. The number of carbonyl (C=O) groups excluding carboxylic acids is 1. The van der Waals surface area contributed by atoms with E-state index in [0.717, 1.165) is 0 Å². The number of H-pyrrole nitrogens is 1. The molecule has 0 aliphatic rings. The minimum atomic E-state index is -0.527. The van der Waals surface area contributed by atoms with E-state index in [1.807, 2.05) is 26.8 Å². The van der Waals surface area contributed by atoms with Gasteiger partial charge >= 0.3 is 6.09 Å². The van der Waals surface area contributed by atoms with Crippen molar-refractivity contribution in [3.63, 3.8) is 0 Å². The molecule has 0 aliphatic heterocycles. The summed E-state index contributed by atoms with van der Waals surface area (Å²) in [7, 11) is 1.66. The summed E-state index contributed by atoms with van der Waals surface area (Å²) < 4.78 is 5.28. The number of likely N-dealkylation sites (N-methyl/N-ethyl adjacent to an activating group) is 1. The second kappa shape index (κ2) is 6.17. The van der Waals surface area contributed by atoms with Crippen LogP contribution in [-0.4, -0.2) is 40.2 Å². The maximum atomic E-state index is 12.0. The molecule has 1 amide bonds. The topological polar surface area (TPSA) is 75.3 Å². The predicted molar refractivity (Wildman–Crippen MR) is 84.9 cm³/mol. The Morgan fingerprint density at radius 1 is 1.32 bits per heavy atom. The first kappa shape index (κ1) is 16.0. The summed E-state index contributed by atoms with van der Waals surface area (Å²) in [5, 5.41) is 0.562. The molecule has 0 spiro atoms. The van der Waals surface area contributed by atoms with Gasteiger partial charge in [0.25, 0.3) is 5.56 Å². The highest BCUT2D eigenvalue weighted by atomic mass is 16.6. The van der Waals surface area contributed by atoms with Crippen LogP contribution in [0.5, 0.6) is 0 Å². The summed E-state index contributed by atoms with van der Waals surface area (Å²) in [6, 6.07) is 7.17. The second-order valence-electron chi connectivity index (χ2n) is 6.18. The van der Waals surface area contributed by atoms with Gasteiger partial charge in [0.1, 0.15) is 11.4 Å². The molecule has 2 aromatic rings. The molecule has 0 bridgehead atoms. The minimum Gasteiger partial charge on any atom is -0.444 e. The van der Waals surface area contributed by atoms with Gasteiger partial charge in [0.2, 0.25) is 0 Å². The lowest BCUT2D eigenvalue weighted by Crippen LogP contribution is -2.35. The highest BCUT2D eigenvalue weighted by molar-refractivity contribution is 5.77. The van der Waals surface area contributed by atoms with E-state index in [9.17, 15) is 9.59 Å². The van der Waals surface area contributed by atoms with Crippen molar-refractivity contribution in [3.8, 4) is 0 Å². The number of ether oxygens (including phenoxy) is 1. The fraction of sp³-hybridized carbons (Fsp3) is 0.438. The molecule has 118 valence electrons. The van der Waals surface area contributed by atoms with Gasteiger partial charge < -0.3 is 14.6 Å². The molecule has 0 fully saturated rings. The maximum absolute atomic E-state index is 12.0. The molecule has 0 aliphatic carbocycles. The van der Waals surface area contributed by atoms with Crippen molar-refractivity contribution in [2.45, 2.75) is 32.8 Å². The zero-order chi connectivity index (χ0) is 16.3. The number of para-hydroxylation sites is 1. The van der Waals surface area contributed by atoms with Crippen LogP contribution in [0.2, 0.25) is 0 Å². The second-order valence-corrected chi connectivity index (χ2v) is 6.18. The van der Waals surface area contributed by atoms with Crippen LogP contribution in [0.25, 0.3) is 10.9 Å². The lowest BCUT2D eigenvalue weighted by atomic mass is 10.2. The monoisotopic (exact) mass is 303 g/mol. The summed E-state index contributed by atoms with van der Waals surface area (Å²) in [4.78, 5) is 32.5. The highest BCUT2D eigenvalue weighted by Gasteiger charge is 2.19. The molecule has 2 rings (SSSR count). The van der Waals surface area contributed by atoms with Crippen molar-refractivity contribution >= 4 is 17.0 Å². The number of amides is 1. The number of fused-ring (bicyclic) bond motifs is 1. The van der Waals surface area contributed by atoms with Gasteiger partial charge in [0.15, 0.2) is 0 Å². The minimum absolute atomic E-state index is 0.166. The maximum Gasteiger partial charge on any atom is 0.410 e. The normalized spacial score (nSPS) is 11.5. The lowest BCUT2D eigenvalue weighted by Gasteiger charge is -2.24. The first-order valence-electron chi connectivity index (χ1n) is 7.18. The van der Waals surface area contributed by atoms with E-state index >= 15 is 0 Å². The van der Waals surface area contributed by atoms with E-state index in [2.05, 4.69) is 9.97 Å². The van der Waals surface area contributed by atoms with E-state index in [-0.39, 0.29) is 5.56 Å². The molecule has 0 saturated heterocycles. The van der Waals surface area contributed by atoms with Gasteiger partial charge in [-0.15, -0.1) is 0 Å². The van der Waals surface area contributed by atoms with E-state index in [1.165, 1.54) is 4.90 Å². The average molecular weight is 303 g/mol. The molecular weight excluding hydrogens is 282 g/mol. The SMILES string of the molecule is CN(CCc1nc2ccccc2c(=O)[nH]1)C(=O)OC(C)(C)C. The van der Waals surface area contributed by atoms with Crippen LogP contribution < -0.4 is 5.56 Å². The summed E-state index contributed by atoms with van der Waals surface area (Å²) in [6.07, 6.45) is 0.0613. The number of aromatic amines is 1. The number of nitrogens with one attached hydrogen (secondary N) is 1. The number of carbonyl (C=O) groups is 1. The summed E-state index contributed by atoms with van der Waals surface area (Å²) in [5.74, 6) is 0.555. The third-order valence-corrected chi connectivity index (χ3v) is 3.05. The quantitative estimate of drug-likeness (QED) is 0.944. The Balaban J connectivity index is 2.06. The van der Waals surface area contributed by atoms with Crippen LogP contribution in [-0.2, 0) is 11.2 Å². The fourth-order valence-electron chi connectivity index (χ4n) is 1.96. The molecule has 0 radical (unpaired) electrons. The molecule has 1 aromatic carbocycles. The van der Waals surface area contributed by atoms with Gasteiger partial charge in [-0.3, -0.25) is 4.79 Å². The number of aromatic nitrogens is 2. The van der Waals surface area contributed by atoms with Crippen LogP contribution in [0.3, 0.4) is 0 Å². The summed E-state index contributed by atoms with van der Waals surface area (Å²) in [6.45, 7) is 5.87. The highest BCUT2D eigenvalue weighted by Crippen LogP contribution is 2.10. The summed E-state index contributed by atoms with van der Waals surface area (Å²) >= 11 is 0. The van der Waals surface area contributed by atoms with E-state index in [4.69, 9.17) is 4.74 Å². The molecule has 1 heterocycles. The molecule has 1 N–H and O–H groups in total. The van der Waals surface area contributed by atoms with Gasteiger partial charge in [-0.1, -0.05) is 12.1 Å². The van der Waals surface area contributed by atoms with E-state index in [1.54, 1.807) is 25.2 Å². The van der Waals surface area contributed by atoms with Crippen molar-refractivity contribution in [2.75, 3.05) is 13.6 Å². The Bertz CT molecular complexity index is 731. The average Bonchev–Trinajstić information content (AvgIpc) is 2.43. The largest absolute Gasteiger partial charge is 0.444 e. The Labute approximate surface area is 129 Å². The van der Waals surface area contributed by atoms with Crippen LogP contribution in [0.15, 0.2) is 29.1 Å². The molecule has 6 nitrogen and oxygen atoms in total. The third-order valence-electron chi connectivity index (χ3n) is 3.05. The fourth-order valence-corrected chi connectivity index (χ4v) is 1.96. The standard InChI is InChI=1S/C16H21N3O3/c1-16(2,3)22-15(21)19(4)10-9-13-17-12-8-6-5-7-11(12)14(20)18-13/h5-8H,9-10H2,1-4H3,(H,17,18,20). The van der Waals surface area contributed by atoms with Crippen molar-refractivity contribution in [1.82, 2.24) is 14.9 Å². The van der Waals surface area contributed by atoms with E-state index < -0.39 is 11.7 Å². The third kappa shape index (κ3) is 4.07. The Kier molecular flexibility index (Phi) is 4.49. The number of nitrogens with zero attached hydrogens (tertiary/aromatic N) is 2. The van der Waals surface area contributed by atoms with Gasteiger partial charge in [-0.05, 0) is 32.9 Å². The Morgan fingerprint density at radius 2 is 2.00 bits per heavy atom. The smallest absolute Gasteiger partial charge is 0.410 e. The number of hydrogen-bond acceptors (Lipinski definition) is 4. The lowest BCUT2D eigenvalue weighted by molar-refractivity contribution is 0.0300.